The lowest BCUT2D eigenvalue weighted by Gasteiger charge is -2.12. The van der Waals surface area contributed by atoms with Gasteiger partial charge in [0, 0.05) is 11.6 Å². The molecule has 2 aromatic rings. The highest BCUT2D eigenvalue weighted by atomic mass is 127. The van der Waals surface area contributed by atoms with E-state index >= 15 is 0 Å². The average Bonchev–Trinajstić information content (AvgIpc) is 2.42. The number of benzene rings is 2. The van der Waals surface area contributed by atoms with E-state index in [-0.39, 0.29) is 11.3 Å². The second-order valence-corrected chi connectivity index (χ2v) is 5.40. The molecular formula is C15H12FIO4. The number of hydrogen-bond donors (Lipinski definition) is 2. The predicted molar refractivity (Wildman–Crippen MR) is 84.3 cm³/mol. The van der Waals surface area contributed by atoms with Crippen molar-refractivity contribution in [1.29, 1.82) is 0 Å². The van der Waals surface area contributed by atoms with Crippen molar-refractivity contribution in [3.63, 3.8) is 0 Å². The van der Waals surface area contributed by atoms with Crippen molar-refractivity contribution >= 4 is 28.6 Å². The van der Waals surface area contributed by atoms with Gasteiger partial charge < -0.3 is 14.9 Å². The number of carboxylic acid groups (broad SMARTS) is 1. The predicted octanol–water partition coefficient (Wildman–Crippen LogP) is 3.90. The van der Waals surface area contributed by atoms with Crippen LogP contribution in [0.4, 0.5) is 4.39 Å². The molecule has 0 unspecified atom stereocenters. The molecule has 0 saturated heterocycles. The molecule has 0 aliphatic rings. The largest absolute Gasteiger partial charge is 0.506 e. The third-order valence-corrected chi connectivity index (χ3v) is 3.67. The van der Waals surface area contributed by atoms with E-state index in [4.69, 9.17) is 9.84 Å². The van der Waals surface area contributed by atoms with Crippen LogP contribution in [0.2, 0.25) is 0 Å². The number of ether oxygens (including phenoxy) is 1. The van der Waals surface area contributed by atoms with Crippen molar-refractivity contribution in [2.24, 2.45) is 0 Å². The summed E-state index contributed by atoms with van der Waals surface area (Å²) >= 11 is 1.85. The molecule has 0 amide bonds. The van der Waals surface area contributed by atoms with Crippen molar-refractivity contribution in [3.8, 4) is 22.6 Å². The van der Waals surface area contributed by atoms with Crippen LogP contribution in [0.1, 0.15) is 17.3 Å². The summed E-state index contributed by atoms with van der Waals surface area (Å²) in [5.74, 6) is -1.62. The monoisotopic (exact) mass is 402 g/mol. The molecule has 2 aromatic carbocycles. The Balaban J connectivity index is 2.64. The van der Waals surface area contributed by atoms with Crippen LogP contribution in [-0.4, -0.2) is 22.8 Å². The number of halogens is 2. The maximum absolute atomic E-state index is 13.3. The van der Waals surface area contributed by atoms with Gasteiger partial charge in [0.2, 0.25) is 0 Å². The van der Waals surface area contributed by atoms with Gasteiger partial charge in [-0.25, -0.2) is 9.18 Å². The molecule has 0 aliphatic carbocycles. The lowest BCUT2D eigenvalue weighted by molar-refractivity contribution is 0.0693. The van der Waals surface area contributed by atoms with Crippen molar-refractivity contribution in [2.75, 3.05) is 6.61 Å². The minimum Gasteiger partial charge on any atom is -0.506 e. The molecule has 0 fully saturated rings. The van der Waals surface area contributed by atoms with Crippen LogP contribution in [0.3, 0.4) is 0 Å². The fraction of sp³-hybridized carbons (Fsp3) is 0.133. The average molecular weight is 402 g/mol. The van der Waals surface area contributed by atoms with E-state index in [9.17, 15) is 14.3 Å². The molecule has 0 atom stereocenters. The van der Waals surface area contributed by atoms with Gasteiger partial charge in [0.1, 0.15) is 22.9 Å². The first-order valence-corrected chi connectivity index (χ1v) is 7.20. The minimum absolute atomic E-state index is 0.205. The van der Waals surface area contributed by atoms with E-state index in [2.05, 4.69) is 0 Å². The Bertz CT molecular complexity index is 700. The number of aromatic carboxylic acids is 1. The minimum atomic E-state index is -1.23. The maximum atomic E-state index is 13.3. The standard InChI is InChI=1S/C15H12FIO4/c1-2-21-13-7-9(16)3-4-10(13)8-5-11(15(19)20)14(18)12(17)6-8/h3-7,18H,2H2,1H3,(H,19,20). The molecular weight excluding hydrogens is 390 g/mol. The van der Waals surface area contributed by atoms with E-state index in [0.29, 0.717) is 27.1 Å². The number of carboxylic acids is 1. The lowest BCUT2D eigenvalue weighted by Crippen LogP contribution is -2.00. The molecule has 0 aliphatic heterocycles. The van der Waals surface area contributed by atoms with Gasteiger partial charge in [-0.1, -0.05) is 0 Å². The SMILES string of the molecule is CCOc1cc(F)ccc1-c1cc(I)c(O)c(C(=O)O)c1. The normalized spacial score (nSPS) is 10.4. The van der Waals surface area contributed by atoms with E-state index in [0.717, 1.165) is 0 Å². The number of aromatic hydroxyl groups is 1. The van der Waals surface area contributed by atoms with Gasteiger partial charge in [-0.3, -0.25) is 0 Å². The third kappa shape index (κ3) is 3.26. The van der Waals surface area contributed by atoms with Crippen molar-refractivity contribution in [3.05, 3.63) is 45.3 Å². The van der Waals surface area contributed by atoms with Crippen molar-refractivity contribution in [2.45, 2.75) is 6.92 Å². The van der Waals surface area contributed by atoms with Crippen LogP contribution in [0.25, 0.3) is 11.1 Å². The Morgan fingerprint density at radius 1 is 1.33 bits per heavy atom. The Morgan fingerprint density at radius 3 is 2.67 bits per heavy atom. The third-order valence-electron chi connectivity index (χ3n) is 2.85. The topological polar surface area (TPSA) is 66.8 Å². The Hall–Kier alpha value is -1.83. The molecule has 21 heavy (non-hydrogen) atoms. The summed E-state index contributed by atoms with van der Waals surface area (Å²) in [5.41, 5.74) is 0.903. The molecule has 0 radical (unpaired) electrons. The fourth-order valence-corrected chi connectivity index (χ4v) is 2.55. The fourth-order valence-electron chi connectivity index (χ4n) is 1.93. The summed E-state index contributed by atoms with van der Waals surface area (Å²) in [6.07, 6.45) is 0. The highest BCUT2D eigenvalue weighted by Crippen LogP contribution is 2.36. The van der Waals surface area contributed by atoms with Crippen LogP contribution in [0.5, 0.6) is 11.5 Å². The van der Waals surface area contributed by atoms with E-state index in [1.54, 1.807) is 13.0 Å². The number of rotatable bonds is 4. The molecule has 4 nitrogen and oxygen atoms in total. The first kappa shape index (κ1) is 15.6. The number of phenols is 1. The van der Waals surface area contributed by atoms with E-state index in [1.807, 2.05) is 22.6 Å². The molecule has 0 spiro atoms. The number of hydrogen-bond acceptors (Lipinski definition) is 3. The molecule has 2 N–H and O–H groups in total. The van der Waals surface area contributed by atoms with E-state index < -0.39 is 11.8 Å². The quantitative estimate of drug-likeness (QED) is 0.762. The van der Waals surface area contributed by atoms with Gasteiger partial charge in [0.25, 0.3) is 0 Å². The van der Waals surface area contributed by atoms with Crippen LogP contribution in [-0.2, 0) is 0 Å². The second kappa shape index (κ2) is 6.30. The summed E-state index contributed by atoms with van der Waals surface area (Å²) in [7, 11) is 0. The summed E-state index contributed by atoms with van der Waals surface area (Å²) in [6.45, 7) is 2.13. The van der Waals surface area contributed by atoms with Crippen LogP contribution in [0.15, 0.2) is 30.3 Å². The summed E-state index contributed by atoms with van der Waals surface area (Å²) in [4.78, 5) is 11.2. The molecule has 110 valence electrons. The Labute approximate surface area is 134 Å². The van der Waals surface area contributed by atoms with Gasteiger partial charge in [-0.05, 0) is 59.3 Å². The molecule has 0 aromatic heterocycles. The maximum Gasteiger partial charge on any atom is 0.339 e. The van der Waals surface area contributed by atoms with Gasteiger partial charge >= 0.3 is 5.97 Å². The zero-order chi connectivity index (χ0) is 15.6. The first-order chi connectivity index (χ1) is 9.93. The van der Waals surface area contributed by atoms with Crippen molar-refractivity contribution < 1.29 is 24.1 Å². The van der Waals surface area contributed by atoms with Crippen LogP contribution < -0.4 is 4.74 Å². The highest BCUT2D eigenvalue weighted by Gasteiger charge is 2.17. The Kier molecular flexibility index (Phi) is 4.66. The number of carbonyl (C=O) groups is 1. The molecule has 6 heteroatoms. The van der Waals surface area contributed by atoms with Crippen molar-refractivity contribution in [1.82, 2.24) is 0 Å². The zero-order valence-electron chi connectivity index (χ0n) is 11.1. The lowest BCUT2D eigenvalue weighted by atomic mass is 10.0. The smallest absolute Gasteiger partial charge is 0.339 e. The summed E-state index contributed by atoms with van der Waals surface area (Å²) in [5, 5.41) is 18.9. The molecule has 2 rings (SSSR count). The van der Waals surface area contributed by atoms with Gasteiger partial charge in [0.15, 0.2) is 0 Å². The molecule has 0 saturated carbocycles. The highest BCUT2D eigenvalue weighted by molar-refractivity contribution is 14.1. The van der Waals surface area contributed by atoms with Crippen LogP contribution >= 0.6 is 22.6 Å². The van der Waals surface area contributed by atoms with Gasteiger partial charge in [0.05, 0.1) is 10.2 Å². The molecule has 0 heterocycles. The summed E-state index contributed by atoms with van der Waals surface area (Å²) < 4.78 is 19.1. The van der Waals surface area contributed by atoms with Crippen LogP contribution in [0, 0.1) is 9.39 Å². The first-order valence-electron chi connectivity index (χ1n) is 6.12. The Morgan fingerprint density at radius 2 is 2.05 bits per heavy atom. The second-order valence-electron chi connectivity index (χ2n) is 4.23. The zero-order valence-corrected chi connectivity index (χ0v) is 13.2. The van der Waals surface area contributed by atoms with Gasteiger partial charge in [-0.2, -0.15) is 0 Å². The summed E-state index contributed by atoms with van der Waals surface area (Å²) in [6, 6.07) is 7.01. The molecule has 0 bridgehead atoms. The van der Waals surface area contributed by atoms with E-state index in [1.165, 1.54) is 24.3 Å². The van der Waals surface area contributed by atoms with Gasteiger partial charge in [-0.15, -0.1) is 0 Å².